The van der Waals surface area contributed by atoms with Gasteiger partial charge in [0.25, 0.3) is 10.1 Å². The van der Waals surface area contributed by atoms with Crippen LogP contribution in [0.25, 0.3) is 0 Å². The van der Waals surface area contributed by atoms with Crippen LogP contribution in [0.5, 0.6) is 0 Å². The second kappa shape index (κ2) is 14.7. The lowest BCUT2D eigenvalue weighted by Crippen LogP contribution is -2.37. The van der Waals surface area contributed by atoms with Gasteiger partial charge in [-0.2, -0.15) is 38.4 Å². The van der Waals surface area contributed by atoms with E-state index in [4.69, 9.17) is 20.1 Å². The van der Waals surface area contributed by atoms with E-state index in [9.17, 15) is 13.0 Å². The highest BCUT2D eigenvalue weighted by Gasteiger charge is 2.40. The molecule has 0 aromatic carbocycles. The van der Waals surface area contributed by atoms with E-state index < -0.39 is 15.4 Å². The fraction of sp³-hybridized carbons (Fsp3) is 0.800. The van der Waals surface area contributed by atoms with E-state index in [1.807, 2.05) is 29.3 Å². The minimum absolute atomic E-state index is 0.0475. The molecule has 4 saturated carbocycles. The molecule has 0 amide bonds. The highest BCUT2D eigenvalue weighted by atomic mass is 32.2. The zero-order valence-electron chi connectivity index (χ0n) is 25.3. The summed E-state index contributed by atoms with van der Waals surface area (Å²) in [4.78, 5) is 9.08. The molecular formula is C30H46N6O6S2. The van der Waals surface area contributed by atoms with E-state index in [2.05, 4.69) is 27.4 Å². The third-order valence-corrected chi connectivity index (χ3v) is 11.9. The number of allylic oxidation sites excluding steroid dienone is 1. The molecule has 6 unspecified atom stereocenters. The molecule has 6 atom stereocenters. The van der Waals surface area contributed by atoms with Gasteiger partial charge in [0.1, 0.15) is 6.10 Å². The maximum Gasteiger partial charge on any atom is 0.268 e. The summed E-state index contributed by atoms with van der Waals surface area (Å²) in [7, 11) is -4.29. The molecular weight excluding hydrogens is 605 g/mol. The Hall–Kier alpha value is -1.84. The van der Waals surface area contributed by atoms with Crippen LogP contribution in [0.3, 0.4) is 0 Å². The van der Waals surface area contributed by atoms with Gasteiger partial charge in [0.2, 0.25) is 0 Å². The quantitative estimate of drug-likeness (QED) is 0.0756. The van der Waals surface area contributed by atoms with Gasteiger partial charge in [0.15, 0.2) is 0 Å². The van der Waals surface area contributed by atoms with Crippen molar-refractivity contribution < 1.29 is 27.2 Å². The molecule has 244 valence electrons. The maximum absolute atomic E-state index is 12.6. The molecule has 6 rings (SSSR count). The van der Waals surface area contributed by atoms with Crippen molar-refractivity contribution >= 4 is 23.0 Å². The van der Waals surface area contributed by atoms with E-state index in [1.54, 1.807) is 4.80 Å². The molecule has 2 heterocycles. The molecule has 0 aliphatic heterocycles. The molecule has 0 bridgehead atoms. The van der Waals surface area contributed by atoms with E-state index in [-0.39, 0.29) is 36.4 Å². The van der Waals surface area contributed by atoms with Crippen molar-refractivity contribution in [3.8, 4) is 0 Å². The third-order valence-electron chi connectivity index (χ3n) is 10.6. The van der Waals surface area contributed by atoms with Gasteiger partial charge in [-0.3, -0.25) is 4.55 Å². The minimum Gasteiger partial charge on any atom is -0.285 e. The largest absolute Gasteiger partial charge is 0.285 e. The Balaban J connectivity index is 1.10. The van der Waals surface area contributed by atoms with E-state index >= 15 is 0 Å². The summed E-state index contributed by atoms with van der Waals surface area (Å²) in [5.41, 5.74) is 2.07. The first-order chi connectivity index (χ1) is 21.4. The molecule has 44 heavy (non-hydrogen) atoms. The van der Waals surface area contributed by atoms with Gasteiger partial charge >= 0.3 is 0 Å². The number of hydrogen-bond donors (Lipinski definition) is 2. The van der Waals surface area contributed by atoms with Crippen molar-refractivity contribution in [3.05, 3.63) is 35.9 Å². The van der Waals surface area contributed by atoms with Crippen molar-refractivity contribution in [1.29, 1.82) is 0 Å². The predicted octanol–water partition coefficient (Wildman–Crippen LogP) is 6.25. The van der Waals surface area contributed by atoms with Crippen LogP contribution in [-0.2, 0) is 24.4 Å². The Morgan fingerprint density at radius 3 is 1.82 bits per heavy atom. The molecule has 0 saturated heterocycles. The van der Waals surface area contributed by atoms with Crippen molar-refractivity contribution in [2.45, 2.75) is 138 Å². The van der Waals surface area contributed by atoms with Crippen LogP contribution in [0.4, 0.5) is 0 Å². The van der Waals surface area contributed by atoms with Crippen LogP contribution in [0.2, 0.25) is 0 Å². The number of aromatic nitrogens is 6. The second-order valence-corrected chi connectivity index (χ2v) is 15.1. The smallest absolute Gasteiger partial charge is 0.268 e. The first kappa shape index (κ1) is 32.1. The third kappa shape index (κ3) is 7.75. The van der Waals surface area contributed by atoms with E-state index in [0.717, 1.165) is 43.5 Å². The average Bonchev–Trinajstić information content (AvgIpc) is 3.75. The molecule has 4 aliphatic carbocycles. The van der Waals surface area contributed by atoms with Gasteiger partial charge in [-0.25, -0.2) is 4.89 Å². The topological polar surface area (TPSA) is 143 Å². The second-order valence-electron chi connectivity index (χ2n) is 13.3. The van der Waals surface area contributed by atoms with Gasteiger partial charge in [0, 0.05) is 37.1 Å². The van der Waals surface area contributed by atoms with Crippen molar-refractivity contribution in [2.75, 3.05) is 0 Å². The SMILES string of the molecule is O=S(=O)(O)C1CC(n2ncc(C3CCCCC3)n2)CCC1C=CC1CCC(n2ncc(C3CCCCC3)n2)CC1OOOS. The Morgan fingerprint density at radius 2 is 1.27 bits per heavy atom. The normalized spacial score (nSPS) is 31.5. The maximum atomic E-state index is 12.6. The van der Waals surface area contributed by atoms with Crippen molar-refractivity contribution in [3.63, 3.8) is 0 Å². The van der Waals surface area contributed by atoms with Gasteiger partial charge in [-0.1, -0.05) is 55.7 Å². The van der Waals surface area contributed by atoms with Gasteiger partial charge in [-0.05, 0) is 63.7 Å². The number of rotatable bonds is 10. The fourth-order valence-electron chi connectivity index (χ4n) is 8.03. The van der Waals surface area contributed by atoms with Gasteiger partial charge in [0.05, 0.1) is 41.1 Å². The van der Waals surface area contributed by atoms with Crippen LogP contribution in [0, 0.1) is 11.8 Å². The Bertz CT molecular complexity index is 1340. The Morgan fingerprint density at radius 1 is 0.750 bits per heavy atom. The molecule has 0 radical (unpaired) electrons. The van der Waals surface area contributed by atoms with Crippen LogP contribution >= 0.6 is 12.9 Å². The minimum atomic E-state index is -4.29. The highest BCUT2D eigenvalue weighted by Crippen LogP contribution is 2.40. The van der Waals surface area contributed by atoms with E-state index in [1.165, 1.54) is 51.4 Å². The number of hydrogen-bond acceptors (Lipinski definition) is 10. The van der Waals surface area contributed by atoms with Crippen LogP contribution in [0.15, 0.2) is 24.5 Å². The summed E-state index contributed by atoms with van der Waals surface area (Å²) in [5, 5.41) is 22.6. The molecule has 14 heteroatoms. The molecule has 2 aromatic rings. The van der Waals surface area contributed by atoms with Crippen LogP contribution < -0.4 is 0 Å². The highest BCUT2D eigenvalue weighted by molar-refractivity contribution is 7.86. The standard InChI is InChI=1S/C30H46N6O6S2/c37-44(38,39)30-18-26(36-32-20-28(34-36)22-9-5-2-6-10-22)16-14-24(30)12-11-23-13-15-25(17-29(23)40-41-42-43)35-31-19-27(33-35)21-7-3-1-4-8-21/h11-12,19-26,29-30,43H,1-10,13-18H2,(H,37,38,39). The summed E-state index contributed by atoms with van der Waals surface area (Å²) in [6.07, 6.45) is 23.2. The summed E-state index contributed by atoms with van der Waals surface area (Å²) >= 11 is 3.65. The Labute approximate surface area is 265 Å². The molecule has 4 aliphatic rings. The lowest BCUT2D eigenvalue weighted by molar-refractivity contribution is -0.482. The number of nitrogens with zero attached hydrogens (tertiary/aromatic N) is 6. The first-order valence-corrected chi connectivity index (χ1v) is 18.4. The van der Waals surface area contributed by atoms with Gasteiger partial charge in [-0.15, -0.1) is 4.33 Å². The zero-order valence-corrected chi connectivity index (χ0v) is 27.0. The van der Waals surface area contributed by atoms with Crippen LogP contribution in [0.1, 0.15) is 138 Å². The van der Waals surface area contributed by atoms with Crippen LogP contribution in [-0.4, -0.2) is 54.3 Å². The van der Waals surface area contributed by atoms with Crippen molar-refractivity contribution in [2.24, 2.45) is 11.8 Å². The summed E-state index contributed by atoms with van der Waals surface area (Å²) in [6.45, 7) is 0. The summed E-state index contributed by atoms with van der Waals surface area (Å²) in [5.74, 6) is 0.535. The lowest BCUT2D eigenvalue weighted by atomic mass is 9.81. The van der Waals surface area contributed by atoms with E-state index in [0.29, 0.717) is 24.7 Å². The average molecular weight is 651 g/mol. The molecule has 12 nitrogen and oxygen atoms in total. The molecule has 4 fully saturated rings. The molecule has 2 aromatic heterocycles. The molecule has 1 N–H and O–H groups in total. The monoisotopic (exact) mass is 650 g/mol. The zero-order chi connectivity index (χ0) is 30.5. The summed E-state index contributed by atoms with van der Waals surface area (Å²) < 4.78 is 39.9. The Kier molecular flexibility index (Phi) is 10.7. The van der Waals surface area contributed by atoms with Gasteiger partial charge < -0.3 is 0 Å². The summed E-state index contributed by atoms with van der Waals surface area (Å²) in [6, 6.07) is -0.122. The number of thiol groups is 1. The fourth-order valence-corrected chi connectivity index (χ4v) is 9.20. The molecule has 0 spiro atoms. The lowest BCUT2D eigenvalue weighted by Gasteiger charge is -2.34. The predicted molar refractivity (Wildman–Crippen MR) is 165 cm³/mol. The first-order valence-electron chi connectivity index (χ1n) is 16.5. The van der Waals surface area contributed by atoms with Crippen molar-refractivity contribution in [1.82, 2.24) is 30.0 Å².